The van der Waals surface area contributed by atoms with E-state index < -0.39 is 0 Å². The summed E-state index contributed by atoms with van der Waals surface area (Å²) in [5.41, 5.74) is 2.83. The predicted octanol–water partition coefficient (Wildman–Crippen LogP) is 2.88. The smallest absolute Gasteiger partial charge is 0.189 e. The second kappa shape index (κ2) is 5.04. The minimum Gasteiger partial charge on any atom is -0.499 e. The van der Waals surface area contributed by atoms with Crippen LogP contribution in [0.1, 0.15) is 21.6 Å². The maximum absolute atomic E-state index is 9.76. The van der Waals surface area contributed by atoms with Crippen LogP contribution in [0.15, 0.2) is 30.3 Å². The molecule has 19 heavy (non-hydrogen) atoms. The first kappa shape index (κ1) is 12.2. The third kappa shape index (κ3) is 2.35. The molecule has 0 spiro atoms. The highest BCUT2D eigenvalue weighted by molar-refractivity contribution is 7.14. The van der Waals surface area contributed by atoms with Gasteiger partial charge in [0.05, 0.1) is 0 Å². The third-order valence-electron chi connectivity index (χ3n) is 3.48. The molecule has 0 amide bonds. The number of rotatable bonds is 2. The van der Waals surface area contributed by atoms with Gasteiger partial charge in [-0.15, -0.1) is 11.3 Å². The molecule has 0 bridgehead atoms. The van der Waals surface area contributed by atoms with Gasteiger partial charge in [0, 0.05) is 24.5 Å². The van der Waals surface area contributed by atoms with Gasteiger partial charge in [-0.2, -0.15) is 5.26 Å². The van der Waals surface area contributed by atoms with E-state index in [9.17, 15) is 5.11 Å². The lowest BCUT2D eigenvalue weighted by molar-refractivity contribution is 0.249. The fourth-order valence-corrected chi connectivity index (χ4v) is 3.61. The van der Waals surface area contributed by atoms with Gasteiger partial charge in [-0.1, -0.05) is 30.3 Å². The molecule has 4 heteroatoms. The van der Waals surface area contributed by atoms with E-state index in [-0.39, 0.29) is 5.06 Å². The molecule has 0 saturated carbocycles. The summed E-state index contributed by atoms with van der Waals surface area (Å²) in [5.74, 6) is 0. The average molecular weight is 270 g/mol. The molecule has 1 aliphatic rings. The van der Waals surface area contributed by atoms with Crippen LogP contribution in [-0.2, 0) is 19.5 Å². The lowest BCUT2D eigenvalue weighted by Crippen LogP contribution is -2.29. The van der Waals surface area contributed by atoms with Crippen LogP contribution in [-0.4, -0.2) is 16.6 Å². The van der Waals surface area contributed by atoms with E-state index in [2.05, 4.69) is 35.2 Å². The van der Waals surface area contributed by atoms with Crippen molar-refractivity contribution in [1.29, 1.82) is 5.26 Å². The zero-order valence-electron chi connectivity index (χ0n) is 10.5. The number of fused-ring (bicyclic) bond motifs is 1. The van der Waals surface area contributed by atoms with Crippen molar-refractivity contribution in [1.82, 2.24) is 4.90 Å². The quantitative estimate of drug-likeness (QED) is 0.912. The van der Waals surface area contributed by atoms with Crippen LogP contribution in [0.25, 0.3) is 0 Å². The molecule has 2 aromatic rings. The van der Waals surface area contributed by atoms with Gasteiger partial charge in [-0.25, -0.2) is 0 Å². The zero-order valence-corrected chi connectivity index (χ0v) is 11.3. The topological polar surface area (TPSA) is 47.3 Å². The first-order chi connectivity index (χ1) is 9.28. The van der Waals surface area contributed by atoms with Gasteiger partial charge in [0.2, 0.25) is 0 Å². The molecule has 0 saturated heterocycles. The summed E-state index contributed by atoms with van der Waals surface area (Å²) >= 11 is 1.35. The van der Waals surface area contributed by atoms with Crippen molar-refractivity contribution in [2.24, 2.45) is 0 Å². The number of thiophene rings is 1. The highest BCUT2D eigenvalue weighted by atomic mass is 32.1. The zero-order chi connectivity index (χ0) is 13.2. The fraction of sp³-hybridized carbons (Fsp3) is 0.267. The van der Waals surface area contributed by atoms with Crippen molar-refractivity contribution in [2.75, 3.05) is 6.54 Å². The Labute approximate surface area is 116 Å². The highest BCUT2D eigenvalue weighted by Crippen LogP contribution is 2.37. The van der Waals surface area contributed by atoms with E-state index >= 15 is 0 Å². The van der Waals surface area contributed by atoms with Crippen LogP contribution in [0.5, 0.6) is 5.06 Å². The Balaban J connectivity index is 1.78. The van der Waals surface area contributed by atoms with Crippen molar-refractivity contribution in [3.05, 3.63) is 51.9 Å². The maximum atomic E-state index is 9.76. The number of hydrogen-bond donors (Lipinski definition) is 1. The van der Waals surface area contributed by atoms with Crippen molar-refractivity contribution in [3.63, 3.8) is 0 Å². The average Bonchev–Trinajstić information content (AvgIpc) is 2.74. The minimum atomic E-state index is 0.175. The molecule has 0 fully saturated rings. The Morgan fingerprint density at radius 1 is 1.32 bits per heavy atom. The Morgan fingerprint density at radius 3 is 2.84 bits per heavy atom. The third-order valence-corrected chi connectivity index (χ3v) is 4.50. The van der Waals surface area contributed by atoms with Crippen LogP contribution >= 0.6 is 11.3 Å². The van der Waals surface area contributed by atoms with Crippen molar-refractivity contribution in [3.8, 4) is 11.1 Å². The molecule has 0 aliphatic carbocycles. The summed E-state index contributed by atoms with van der Waals surface area (Å²) < 4.78 is 0. The van der Waals surface area contributed by atoms with E-state index in [1.165, 1.54) is 16.9 Å². The van der Waals surface area contributed by atoms with Crippen molar-refractivity contribution >= 4 is 11.3 Å². The number of nitriles is 1. The molecule has 0 unspecified atom stereocenters. The molecular formula is C15H14N2OS. The van der Waals surface area contributed by atoms with Crippen molar-refractivity contribution < 1.29 is 5.11 Å². The van der Waals surface area contributed by atoms with Crippen LogP contribution in [0.2, 0.25) is 0 Å². The lowest BCUT2D eigenvalue weighted by Gasteiger charge is -2.26. The van der Waals surface area contributed by atoms with Gasteiger partial charge in [-0.3, -0.25) is 4.90 Å². The molecule has 2 heterocycles. The SMILES string of the molecule is N#Cc1c(O)sc2c1CCN(Cc1ccccc1)C2. The second-order valence-corrected chi connectivity index (χ2v) is 5.83. The van der Waals surface area contributed by atoms with Gasteiger partial charge in [0.25, 0.3) is 0 Å². The molecule has 1 aliphatic heterocycles. The Hall–Kier alpha value is -1.83. The summed E-state index contributed by atoms with van der Waals surface area (Å²) in [7, 11) is 0. The van der Waals surface area contributed by atoms with E-state index in [0.29, 0.717) is 5.56 Å². The molecule has 3 rings (SSSR count). The largest absolute Gasteiger partial charge is 0.499 e. The Bertz CT molecular complexity index is 628. The number of benzene rings is 1. The Kier molecular flexibility index (Phi) is 3.24. The standard InChI is InChI=1S/C15H14N2OS/c16-8-13-12-6-7-17(10-14(12)19-15(13)18)9-11-4-2-1-3-5-11/h1-5,18H,6-7,9-10H2. The predicted molar refractivity (Wildman–Crippen MR) is 75.0 cm³/mol. The molecule has 96 valence electrons. The number of nitrogens with zero attached hydrogens (tertiary/aromatic N) is 2. The first-order valence-corrected chi connectivity index (χ1v) is 7.09. The molecule has 1 aromatic heterocycles. The van der Waals surface area contributed by atoms with Crippen LogP contribution in [0.3, 0.4) is 0 Å². The van der Waals surface area contributed by atoms with Gasteiger partial charge in [-0.05, 0) is 17.5 Å². The van der Waals surface area contributed by atoms with E-state index in [1.54, 1.807) is 0 Å². The van der Waals surface area contributed by atoms with E-state index in [1.807, 2.05) is 6.07 Å². The summed E-state index contributed by atoms with van der Waals surface area (Å²) in [6.45, 7) is 2.68. The fourth-order valence-electron chi connectivity index (χ4n) is 2.53. The number of aromatic hydroxyl groups is 1. The van der Waals surface area contributed by atoms with Gasteiger partial charge < -0.3 is 5.11 Å². The van der Waals surface area contributed by atoms with Crippen LogP contribution in [0, 0.1) is 11.3 Å². The molecular weight excluding hydrogens is 256 g/mol. The molecule has 3 nitrogen and oxygen atoms in total. The summed E-state index contributed by atoms with van der Waals surface area (Å²) in [6, 6.07) is 12.5. The summed E-state index contributed by atoms with van der Waals surface area (Å²) in [5, 5.41) is 19.0. The Morgan fingerprint density at radius 2 is 2.11 bits per heavy atom. The van der Waals surface area contributed by atoms with Crippen LogP contribution in [0.4, 0.5) is 0 Å². The lowest BCUT2D eigenvalue weighted by atomic mass is 10.0. The summed E-state index contributed by atoms with van der Waals surface area (Å²) in [6.07, 6.45) is 0.849. The summed E-state index contributed by atoms with van der Waals surface area (Å²) in [4.78, 5) is 3.49. The highest BCUT2D eigenvalue weighted by Gasteiger charge is 2.24. The van der Waals surface area contributed by atoms with Crippen molar-refractivity contribution in [2.45, 2.75) is 19.5 Å². The second-order valence-electron chi connectivity index (χ2n) is 4.74. The van der Waals surface area contributed by atoms with Gasteiger partial charge in [0.15, 0.2) is 5.06 Å². The van der Waals surface area contributed by atoms with Crippen LogP contribution < -0.4 is 0 Å². The van der Waals surface area contributed by atoms with Gasteiger partial charge in [0.1, 0.15) is 11.6 Å². The minimum absolute atomic E-state index is 0.175. The molecule has 0 atom stereocenters. The normalized spacial score (nSPS) is 14.9. The molecule has 1 N–H and O–H groups in total. The number of hydrogen-bond acceptors (Lipinski definition) is 4. The molecule has 0 radical (unpaired) electrons. The van der Waals surface area contributed by atoms with Gasteiger partial charge >= 0.3 is 0 Å². The van der Waals surface area contributed by atoms with E-state index in [4.69, 9.17) is 5.26 Å². The van der Waals surface area contributed by atoms with E-state index in [0.717, 1.165) is 36.5 Å². The monoisotopic (exact) mass is 270 g/mol. The first-order valence-electron chi connectivity index (χ1n) is 6.28. The molecule has 1 aromatic carbocycles. The maximum Gasteiger partial charge on any atom is 0.189 e.